The lowest BCUT2D eigenvalue weighted by Gasteiger charge is -2.44. The number of amides is 1. The Morgan fingerprint density at radius 2 is 2.04 bits per heavy atom. The molecule has 7 heteroatoms. The van der Waals surface area contributed by atoms with Gasteiger partial charge in [0.05, 0.1) is 12.0 Å². The van der Waals surface area contributed by atoms with Crippen LogP contribution in [0, 0.1) is 15.5 Å². The number of benzene rings is 1. The van der Waals surface area contributed by atoms with E-state index < -0.39 is 4.92 Å². The van der Waals surface area contributed by atoms with E-state index in [2.05, 4.69) is 10.2 Å². The first-order valence-electron chi connectivity index (χ1n) is 7.87. The Balaban J connectivity index is 1.72. The maximum absolute atomic E-state index is 11.7. The van der Waals surface area contributed by atoms with Crippen LogP contribution in [-0.4, -0.2) is 37.6 Å². The van der Waals surface area contributed by atoms with Crippen LogP contribution >= 0.6 is 0 Å². The van der Waals surface area contributed by atoms with E-state index >= 15 is 0 Å². The normalized spacial score (nSPS) is 20.2. The molecule has 124 valence electrons. The average Bonchev–Trinajstić information content (AvgIpc) is 2.54. The summed E-state index contributed by atoms with van der Waals surface area (Å²) in [5.74, 6) is 0.437. The summed E-state index contributed by atoms with van der Waals surface area (Å²) in [5.41, 5.74) is 1.04. The second kappa shape index (κ2) is 6.06. The van der Waals surface area contributed by atoms with Crippen molar-refractivity contribution in [3.05, 3.63) is 28.3 Å². The molecule has 2 aliphatic heterocycles. The quantitative estimate of drug-likeness (QED) is 0.681. The molecule has 2 heterocycles. The van der Waals surface area contributed by atoms with Crippen LogP contribution in [0.4, 0.5) is 11.4 Å². The summed E-state index contributed by atoms with van der Waals surface area (Å²) in [6.07, 6.45) is 3.60. The van der Waals surface area contributed by atoms with E-state index in [-0.39, 0.29) is 22.8 Å². The van der Waals surface area contributed by atoms with Crippen molar-refractivity contribution in [3.8, 4) is 5.75 Å². The number of nitrogens with zero attached hydrogens (tertiary/aromatic N) is 2. The Hall–Kier alpha value is -2.31. The van der Waals surface area contributed by atoms with Crippen molar-refractivity contribution in [3.63, 3.8) is 0 Å². The highest BCUT2D eigenvalue weighted by Crippen LogP contribution is 2.41. The van der Waals surface area contributed by atoms with Gasteiger partial charge in [-0.1, -0.05) is 0 Å². The Kier molecular flexibility index (Phi) is 4.11. The van der Waals surface area contributed by atoms with Gasteiger partial charge in [-0.25, -0.2) is 0 Å². The topological polar surface area (TPSA) is 84.7 Å². The summed E-state index contributed by atoms with van der Waals surface area (Å²) in [7, 11) is 1.44. The summed E-state index contributed by atoms with van der Waals surface area (Å²) in [6, 6.07) is 4.99. The van der Waals surface area contributed by atoms with Gasteiger partial charge in [-0.05, 0) is 30.7 Å². The zero-order valence-corrected chi connectivity index (χ0v) is 13.2. The van der Waals surface area contributed by atoms with Gasteiger partial charge in [0.15, 0.2) is 5.75 Å². The van der Waals surface area contributed by atoms with Gasteiger partial charge in [0, 0.05) is 43.9 Å². The zero-order valence-electron chi connectivity index (χ0n) is 13.2. The number of nitrogens with one attached hydrogen (secondary N) is 1. The fraction of sp³-hybridized carbons (Fsp3) is 0.562. The minimum Gasteiger partial charge on any atom is -0.490 e. The molecule has 1 amide bonds. The lowest BCUT2D eigenvalue weighted by Crippen LogP contribution is -2.47. The minimum absolute atomic E-state index is 0.0197. The summed E-state index contributed by atoms with van der Waals surface area (Å²) < 4.78 is 5.14. The predicted octanol–water partition coefficient (Wildman–Crippen LogP) is 2.10. The lowest BCUT2D eigenvalue weighted by atomic mass is 9.71. The van der Waals surface area contributed by atoms with Crippen molar-refractivity contribution in [2.75, 3.05) is 31.6 Å². The van der Waals surface area contributed by atoms with Crippen molar-refractivity contribution >= 4 is 17.3 Å². The number of ether oxygens (including phenoxy) is 1. The highest BCUT2D eigenvalue weighted by Gasteiger charge is 2.38. The molecule has 1 spiro atoms. The second-order valence-corrected chi connectivity index (χ2v) is 6.38. The molecule has 0 saturated carbocycles. The number of carbonyl (C=O) groups excluding carboxylic acids is 1. The average molecular weight is 319 g/mol. The van der Waals surface area contributed by atoms with Crippen molar-refractivity contribution in [2.45, 2.75) is 25.7 Å². The SMILES string of the molecule is COc1cc(N2CCC3(CCNC(=O)C3)CC2)ccc1[N+](=O)[O-]. The molecule has 0 atom stereocenters. The van der Waals surface area contributed by atoms with E-state index in [1.165, 1.54) is 13.2 Å². The van der Waals surface area contributed by atoms with Crippen molar-refractivity contribution < 1.29 is 14.5 Å². The van der Waals surface area contributed by atoms with Gasteiger partial charge in [-0.3, -0.25) is 14.9 Å². The maximum atomic E-state index is 11.7. The standard InChI is InChI=1S/C16H21N3O4/c1-23-14-10-12(2-3-13(14)19(21)22)18-8-5-16(6-9-18)4-7-17-15(20)11-16/h2-3,10H,4-9,11H2,1H3,(H,17,20). The molecular weight excluding hydrogens is 298 g/mol. The largest absolute Gasteiger partial charge is 0.490 e. The van der Waals surface area contributed by atoms with Crippen LogP contribution in [0.2, 0.25) is 0 Å². The molecule has 0 bridgehead atoms. The Bertz CT molecular complexity index is 624. The number of anilines is 1. The third kappa shape index (κ3) is 3.09. The van der Waals surface area contributed by atoms with E-state index in [9.17, 15) is 14.9 Å². The van der Waals surface area contributed by atoms with Crippen molar-refractivity contribution in [1.82, 2.24) is 5.32 Å². The van der Waals surface area contributed by atoms with Crippen LogP contribution in [0.5, 0.6) is 5.75 Å². The maximum Gasteiger partial charge on any atom is 0.311 e. The molecule has 3 rings (SSSR count). The highest BCUT2D eigenvalue weighted by atomic mass is 16.6. The Labute approximate surface area is 134 Å². The number of rotatable bonds is 3. The predicted molar refractivity (Wildman–Crippen MR) is 85.8 cm³/mol. The molecule has 2 fully saturated rings. The van der Waals surface area contributed by atoms with Gasteiger partial charge in [0.1, 0.15) is 0 Å². The third-order valence-electron chi connectivity index (χ3n) is 5.06. The van der Waals surface area contributed by atoms with Crippen molar-refractivity contribution in [2.24, 2.45) is 5.41 Å². The smallest absolute Gasteiger partial charge is 0.311 e. The molecule has 0 radical (unpaired) electrons. The molecule has 7 nitrogen and oxygen atoms in total. The fourth-order valence-electron chi connectivity index (χ4n) is 3.64. The molecule has 0 unspecified atom stereocenters. The van der Waals surface area contributed by atoms with Gasteiger partial charge in [-0.15, -0.1) is 0 Å². The van der Waals surface area contributed by atoms with Crippen LogP contribution in [0.1, 0.15) is 25.7 Å². The monoisotopic (exact) mass is 319 g/mol. The summed E-state index contributed by atoms with van der Waals surface area (Å²) in [5, 5.41) is 13.9. The summed E-state index contributed by atoms with van der Waals surface area (Å²) in [4.78, 5) is 24.4. The molecule has 2 saturated heterocycles. The van der Waals surface area contributed by atoms with Gasteiger partial charge >= 0.3 is 5.69 Å². The highest BCUT2D eigenvalue weighted by molar-refractivity contribution is 5.77. The Morgan fingerprint density at radius 3 is 2.65 bits per heavy atom. The number of carbonyl (C=O) groups is 1. The first-order chi connectivity index (χ1) is 11.0. The van der Waals surface area contributed by atoms with Gasteiger partial charge in [-0.2, -0.15) is 0 Å². The number of hydrogen-bond acceptors (Lipinski definition) is 5. The van der Waals surface area contributed by atoms with E-state index in [0.717, 1.165) is 44.6 Å². The van der Waals surface area contributed by atoms with E-state index in [1.54, 1.807) is 12.1 Å². The first kappa shape index (κ1) is 15.6. The molecule has 0 aromatic heterocycles. The molecule has 1 N–H and O–H groups in total. The van der Waals surface area contributed by atoms with Crippen LogP contribution in [0.25, 0.3) is 0 Å². The van der Waals surface area contributed by atoms with Gasteiger partial charge in [0.25, 0.3) is 0 Å². The molecule has 1 aromatic rings. The number of nitro groups is 1. The minimum atomic E-state index is -0.436. The molecule has 0 aliphatic carbocycles. The molecule has 23 heavy (non-hydrogen) atoms. The van der Waals surface area contributed by atoms with Crippen LogP contribution in [0.15, 0.2) is 18.2 Å². The molecule has 1 aromatic carbocycles. The summed E-state index contributed by atoms with van der Waals surface area (Å²) in [6.45, 7) is 2.48. The molecular formula is C16H21N3O4. The van der Waals surface area contributed by atoms with E-state index in [0.29, 0.717) is 6.42 Å². The van der Waals surface area contributed by atoms with Gasteiger partial charge < -0.3 is 15.0 Å². The van der Waals surface area contributed by atoms with E-state index in [4.69, 9.17) is 4.74 Å². The third-order valence-corrected chi connectivity index (χ3v) is 5.06. The first-order valence-corrected chi connectivity index (χ1v) is 7.87. The fourth-order valence-corrected chi connectivity index (χ4v) is 3.64. The molecule has 2 aliphatic rings. The summed E-state index contributed by atoms with van der Waals surface area (Å²) >= 11 is 0. The Morgan fingerprint density at radius 1 is 1.30 bits per heavy atom. The van der Waals surface area contributed by atoms with Crippen LogP contribution in [0.3, 0.4) is 0 Å². The van der Waals surface area contributed by atoms with Crippen molar-refractivity contribution in [1.29, 1.82) is 0 Å². The number of nitro benzene ring substituents is 1. The van der Waals surface area contributed by atoms with Crippen LogP contribution in [-0.2, 0) is 4.79 Å². The zero-order chi connectivity index (χ0) is 16.4. The van der Waals surface area contributed by atoms with Crippen LogP contribution < -0.4 is 15.0 Å². The number of hydrogen-bond donors (Lipinski definition) is 1. The number of piperidine rings is 2. The lowest BCUT2D eigenvalue weighted by molar-refractivity contribution is -0.385. The number of methoxy groups -OCH3 is 1. The van der Waals surface area contributed by atoms with E-state index in [1.807, 2.05) is 0 Å². The van der Waals surface area contributed by atoms with Gasteiger partial charge in [0.2, 0.25) is 5.91 Å². The second-order valence-electron chi connectivity index (χ2n) is 6.38.